The highest BCUT2D eigenvalue weighted by atomic mass is 16.5. The number of rotatable bonds is 2. The van der Waals surface area contributed by atoms with Gasteiger partial charge in [-0.2, -0.15) is 4.98 Å². The fourth-order valence-corrected chi connectivity index (χ4v) is 0.739. The van der Waals surface area contributed by atoms with E-state index in [2.05, 4.69) is 14.7 Å². The molecular formula is C7H9N3O3. The highest BCUT2D eigenvalue weighted by Crippen LogP contribution is 2.11. The van der Waals surface area contributed by atoms with E-state index in [1.807, 2.05) is 0 Å². The Morgan fingerprint density at radius 2 is 2.23 bits per heavy atom. The van der Waals surface area contributed by atoms with Crippen molar-refractivity contribution in [3.63, 3.8) is 0 Å². The molecule has 0 saturated heterocycles. The molecule has 0 saturated carbocycles. The van der Waals surface area contributed by atoms with Gasteiger partial charge in [0.25, 0.3) is 0 Å². The van der Waals surface area contributed by atoms with Crippen molar-refractivity contribution in [2.75, 3.05) is 20.0 Å². The van der Waals surface area contributed by atoms with Crippen LogP contribution in [-0.2, 0) is 4.74 Å². The molecule has 0 aliphatic rings. The van der Waals surface area contributed by atoms with Crippen LogP contribution in [0.1, 0.15) is 10.5 Å². The van der Waals surface area contributed by atoms with Crippen molar-refractivity contribution in [3.8, 4) is 5.88 Å². The lowest BCUT2D eigenvalue weighted by molar-refractivity contribution is 0.0595. The zero-order valence-electron chi connectivity index (χ0n) is 7.27. The highest BCUT2D eigenvalue weighted by molar-refractivity contribution is 5.91. The second kappa shape index (κ2) is 3.70. The van der Waals surface area contributed by atoms with Crippen molar-refractivity contribution >= 4 is 11.8 Å². The molecule has 0 atom stereocenters. The Kier molecular flexibility index (Phi) is 2.63. The van der Waals surface area contributed by atoms with Crippen LogP contribution in [0.2, 0.25) is 0 Å². The summed E-state index contributed by atoms with van der Waals surface area (Å²) in [4.78, 5) is 18.5. The summed E-state index contributed by atoms with van der Waals surface area (Å²) in [6.07, 6.45) is 1.29. The van der Waals surface area contributed by atoms with Crippen LogP contribution in [0.4, 0.5) is 5.82 Å². The van der Waals surface area contributed by atoms with E-state index in [-0.39, 0.29) is 17.4 Å². The van der Waals surface area contributed by atoms with Crippen LogP contribution < -0.4 is 10.5 Å². The Morgan fingerprint density at radius 3 is 2.69 bits per heavy atom. The van der Waals surface area contributed by atoms with Gasteiger partial charge >= 0.3 is 5.97 Å². The van der Waals surface area contributed by atoms with E-state index < -0.39 is 5.97 Å². The van der Waals surface area contributed by atoms with Gasteiger partial charge in [-0.25, -0.2) is 9.78 Å². The third kappa shape index (κ3) is 1.84. The van der Waals surface area contributed by atoms with Gasteiger partial charge in [0.15, 0.2) is 11.5 Å². The maximum atomic E-state index is 11.0. The van der Waals surface area contributed by atoms with Crippen molar-refractivity contribution in [1.82, 2.24) is 9.97 Å². The quantitative estimate of drug-likeness (QED) is 0.642. The summed E-state index contributed by atoms with van der Waals surface area (Å²) in [6.45, 7) is 0. The molecule has 0 fully saturated rings. The van der Waals surface area contributed by atoms with E-state index in [1.54, 1.807) is 0 Å². The first-order valence-corrected chi connectivity index (χ1v) is 3.44. The van der Waals surface area contributed by atoms with Crippen LogP contribution in [0.15, 0.2) is 6.20 Å². The first kappa shape index (κ1) is 9.24. The fraction of sp³-hybridized carbons (Fsp3) is 0.286. The van der Waals surface area contributed by atoms with Crippen molar-refractivity contribution < 1.29 is 14.3 Å². The summed E-state index contributed by atoms with van der Waals surface area (Å²) in [5, 5.41) is 0. The molecule has 0 aromatic carbocycles. The topological polar surface area (TPSA) is 87.3 Å². The Hall–Kier alpha value is -1.85. The van der Waals surface area contributed by atoms with E-state index in [9.17, 15) is 4.79 Å². The maximum Gasteiger partial charge on any atom is 0.360 e. The molecule has 6 nitrogen and oxygen atoms in total. The molecule has 1 aromatic rings. The summed E-state index contributed by atoms with van der Waals surface area (Å²) in [5.74, 6) is -0.371. The average Bonchev–Trinajstić information content (AvgIpc) is 2.16. The average molecular weight is 183 g/mol. The fourth-order valence-electron chi connectivity index (χ4n) is 0.739. The van der Waals surface area contributed by atoms with E-state index in [4.69, 9.17) is 10.5 Å². The third-order valence-electron chi connectivity index (χ3n) is 1.37. The SMILES string of the molecule is COC(=O)c1ncc(OC)nc1N. The number of ether oxygens (including phenoxy) is 2. The summed E-state index contributed by atoms with van der Waals surface area (Å²) in [5.41, 5.74) is 5.41. The Labute approximate surface area is 74.7 Å². The van der Waals surface area contributed by atoms with Crippen LogP contribution in [0, 0.1) is 0 Å². The number of methoxy groups -OCH3 is 2. The van der Waals surface area contributed by atoms with Crippen LogP contribution in [0.3, 0.4) is 0 Å². The summed E-state index contributed by atoms with van der Waals surface area (Å²) in [6, 6.07) is 0. The molecule has 2 N–H and O–H groups in total. The minimum atomic E-state index is -0.618. The minimum absolute atomic E-state index is 0.00815. The molecule has 0 spiro atoms. The van der Waals surface area contributed by atoms with Gasteiger partial charge in [-0.15, -0.1) is 0 Å². The lowest BCUT2D eigenvalue weighted by atomic mass is 10.4. The Bertz CT molecular complexity index is 327. The monoisotopic (exact) mass is 183 g/mol. The molecule has 1 heterocycles. The van der Waals surface area contributed by atoms with Crippen molar-refractivity contribution in [1.29, 1.82) is 0 Å². The van der Waals surface area contributed by atoms with Crippen molar-refractivity contribution in [3.05, 3.63) is 11.9 Å². The van der Waals surface area contributed by atoms with Gasteiger partial charge in [-0.3, -0.25) is 0 Å². The van der Waals surface area contributed by atoms with Crippen LogP contribution in [-0.4, -0.2) is 30.2 Å². The molecule has 70 valence electrons. The lowest BCUT2D eigenvalue weighted by Gasteiger charge is -2.02. The second-order valence-electron chi connectivity index (χ2n) is 2.14. The lowest BCUT2D eigenvalue weighted by Crippen LogP contribution is -2.10. The van der Waals surface area contributed by atoms with Crippen molar-refractivity contribution in [2.24, 2.45) is 0 Å². The second-order valence-corrected chi connectivity index (χ2v) is 2.14. The number of hydrogen-bond acceptors (Lipinski definition) is 6. The number of nitrogens with two attached hydrogens (primary N) is 1. The summed E-state index contributed by atoms with van der Waals surface area (Å²) >= 11 is 0. The molecule has 1 aromatic heterocycles. The first-order chi connectivity index (χ1) is 6.19. The van der Waals surface area contributed by atoms with Crippen LogP contribution >= 0.6 is 0 Å². The van der Waals surface area contributed by atoms with Gasteiger partial charge in [0.1, 0.15) is 0 Å². The molecule has 0 radical (unpaired) electrons. The number of nitrogens with zero attached hydrogens (tertiary/aromatic N) is 2. The molecule has 6 heteroatoms. The molecule has 1 rings (SSSR count). The van der Waals surface area contributed by atoms with Crippen molar-refractivity contribution in [2.45, 2.75) is 0 Å². The molecular weight excluding hydrogens is 174 g/mol. The molecule has 0 aliphatic heterocycles. The number of hydrogen-bond donors (Lipinski definition) is 1. The first-order valence-electron chi connectivity index (χ1n) is 3.44. The molecule has 0 bridgehead atoms. The minimum Gasteiger partial charge on any atom is -0.480 e. The predicted molar refractivity (Wildman–Crippen MR) is 44.3 cm³/mol. The molecule has 0 amide bonds. The smallest absolute Gasteiger partial charge is 0.360 e. The number of esters is 1. The standard InChI is InChI=1S/C7H9N3O3/c1-12-4-3-9-5(6(8)10-4)7(11)13-2/h3H,1-2H3,(H2,8,10). The number of anilines is 1. The normalized spacial score (nSPS) is 9.38. The van der Waals surface area contributed by atoms with Gasteiger partial charge in [-0.1, -0.05) is 0 Å². The largest absolute Gasteiger partial charge is 0.480 e. The summed E-state index contributed by atoms with van der Waals surface area (Å²) in [7, 11) is 2.68. The zero-order chi connectivity index (χ0) is 9.84. The van der Waals surface area contributed by atoms with Crippen LogP contribution in [0.25, 0.3) is 0 Å². The van der Waals surface area contributed by atoms with Crippen LogP contribution in [0.5, 0.6) is 5.88 Å². The number of carbonyl (C=O) groups excluding carboxylic acids is 1. The Morgan fingerprint density at radius 1 is 1.54 bits per heavy atom. The van der Waals surface area contributed by atoms with Gasteiger partial charge in [0, 0.05) is 0 Å². The van der Waals surface area contributed by atoms with E-state index in [0.717, 1.165) is 0 Å². The van der Waals surface area contributed by atoms with Gasteiger partial charge in [0.2, 0.25) is 5.88 Å². The molecule has 13 heavy (non-hydrogen) atoms. The maximum absolute atomic E-state index is 11.0. The van der Waals surface area contributed by atoms with Gasteiger partial charge < -0.3 is 15.2 Å². The molecule has 0 aliphatic carbocycles. The van der Waals surface area contributed by atoms with Gasteiger partial charge in [-0.05, 0) is 0 Å². The van der Waals surface area contributed by atoms with Gasteiger partial charge in [0.05, 0.1) is 20.4 Å². The highest BCUT2D eigenvalue weighted by Gasteiger charge is 2.13. The van der Waals surface area contributed by atoms with E-state index >= 15 is 0 Å². The van der Waals surface area contributed by atoms with E-state index in [1.165, 1.54) is 20.4 Å². The predicted octanol–water partition coefficient (Wildman–Crippen LogP) is -0.146. The molecule has 0 unspecified atom stereocenters. The van der Waals surface area contributed by atoms with E-state index in [0.29, 0.717) is 0 Å². The number of nitrogen functional groups attached to an aromatic ring is 1. The Balaban J connectivity index is 3.05. The third-order valence-corrected chi connectivity index (χ3v) is 1.37. The number of carbonyl (C=O) groups is 1. The zero-order valence-corrected chi connectivity index (χ0v) is 7.27. The summed E-state index contributed by atoms with van der Waals surface area (Å²) < 4.78 is 9.19. The number of aromatic nitrogens is 2.